The van der Waals surface area contributed by atoms with Crippen molar-refractivity contribution >= 4 is 23.2 Å². The number of nitrogens with zero attached hydrogens (tertiary/aromatic N) is 1. The summed E-state index contributed by atoms with van der Waals surface area (Å²) in [5.41, 5.74) is 1.12. The van der Waals surface area contributed by atoms with Crippen molar-refractivity contribution in [1.29, 1.82) is 0 Å². The van der Waals surface area contributed by atoms with E-state index in [0.29, 0.717) is 18.2 Å². The van der Waals surface area contributed by atoms with Crippen LogP contribution in [0.4, 0.5) is 10.1 Å². The average molecular weight is 363 g/mol. The molecule has 4 nitrogen and oxygen atoms in total. The monoisotopic (exact) mass is 362 g/mol. The van der Waals surface area contributed by atoms with Gasteiger partial charge in [-0.1, -0.05) is 36.4 Å². The third-order valence-corrected chi connectivity index (χ3v) is 3.59. The maximum Gasteiger partial charge on any atom is 0.238 e. The SMILES string of the molecule is C=CCOc1ccc(CN(C)CC(=O)Nc2cc(Cl)ccc2F)cc1. The van der Waals surface area contributed by atoms with Crippen LogP contribution >= 0.6 is 11.6 Å². The van der Waals surface area contributed by atoms with Gasteiger partial charge in [-0.15, -0.1) is 0 Å². The van der Waals surface area contributed by atoms with Crippen LogP contribution in [0.25, 0.3) is 0 Å². The van der Waals surface area contributed by atoms with Crippen LogP contribution in [0.5, 0.6) is 5.75 Å². The Morgan fingerprint density at radius 3 is 2.72 bits per heavy atom. The number of rotatable bonds is 8. The van der Waals surface area contributed by atoms with E-state index in [1.807, 2.05) is 36.2 Å². The summed E-state index contributed by atoms with van der Waals surface area (Å²) in [4.78, 5) is 13.9. The molecule has 132 valence electrons. The molecule has 0 aromatic heterocycles. The molecular formula is C19H20ClFN2O2. The Kier molecular flexibility index (Phi) is 6.98. The quantitative estimate of drug-likeness (QED) is 0.718. The van der Waals surface area contributed by atoms with Crippen molar-refractivity contribution in [2.75, 3.05) is 25.5 Å². The Morgan fingerprint density at radius 2 is 2.04 bits per heavy atom. The van der Waals surface area contributed by atoms with Gasteiger partial charge in [0.1, 0.15) is 18.2 Å². The summed E-state index contributed by atoms with van der Waals surface area (Å²) in [5.74, 6) is -0.0643. The standard InChI is InChI=1S/C19H20ClFN2O2/c1-3-10-25-16-7-4-14(5-8-16)12-23(2)13-19(24)22-18-11-15(20)6-9-17(18)21/h3-9,11H,1,10,12-13H2,2H3,(H,22,24). The van der Waals surface area contributed by atoms with Gasteiger partial charge in [0.15, 0.2) is 0 Å². The highest BCUT2D eigenvalue weighted by molar-refractivity contribution is 6.30. The fraction of sp³-hybridized carbons (Fsp3) is 0.211. The van der Waals surface area contributed by atoms with Crippen molar-refractivity contribution in [2.45, 2.75) is 6.54 Å². The van der Waals surface area contributed by atoms with Gasteiger partial charge in [0.25, 0.3) is 0 Å². The molecule has 0 saturated carbocycles. The first kappa shape index (κ1) is 19.0. The fourth-order valence-corrected chi connectivity index (χ4v) is 2.41. The molecule has 2 aromatic carbocycles. The average Bonchev–Trinajstić information content (AvgIpc) is 2.57. The van der Waals surface area contributed by atoms with E-state index in [9.17, 15) is 9.18 Å². The van der Waals surface area contributed by atoms with E-state index < -0.39 is 5.82 Å². The smallest absolute Gasteiger partial charge is 0.238 e. The summed E-state index contributed by atoms with van der Waals surface area (Å²) in [6, 6.07) is 11.6. The first-order valence-electron chi connectivity index (χ1n) is 7.74. The van der Waals surface area contributed by atoms with Crippen LogP contribution in [0.15, 0.2) is 55.1 Å². The van der Waals surface area contributed by atoms with Gasteiger partial charge < -0.3 is 10.1 Å². The molecule has 2 rings (SSSR count). The molecule has 25 heavy (non-hydrogen) atoms. The lowest BCUT2D eigenvalue weighted by Crippen LogP contribution is -2.30. The number of nitrogens with one attached hydrogen (secondary N) is 1. The van der Waals surface area contributed by atoms with Crippen LogP contribution in [0.3, 0.4) is 0 Å². The molecule has 0 aliphatic rings. The zero-order chi connectivity index (χ0) is 18.2. The number of carbonyl (C=O) groups excluding carboxylic acids is 1. The molecule has 1 amide bonds. The minimum absolute atomic E-state index is 0.0784. The first-order chi connectivity index (χ1) is 12.0. The molecule has 0 heterocycles. The summed E-state index contributed by atoms with van der Waals surface area (Å²) in [7, 11) is 1.82. The highest BCUT2D eigenvalue weighted by atomic mass is 35.5. The Hall–Kier alpha value is -2.37. The maximum absolute atomic E-state index is 13.6. The van der Waals surface area contributed by atoms with Gasteiger partial charge in [-0.25, -0.2) is 4.39 Å². The molecule has 0 aliphatic heterocycles. The molecule has 2 aromatic rings. The van der Waals surface area contributed by atoms with Crippen LogP contribution in [0, 0.1) is 5.82 Å². The van der Waals surface area contributed by atoms with Crippen LogP contribution in [0.2, 0.25) is 5.02 Å². The van der Waals surface area contributed by atoms with Crippen LogP contribution < -0.4 is 10.1 Å². The first-order valence-corrected chi connectivity index (χ1v) is 8.12. The molecule has 0 radical (unpaired) electrons. The topological polar surface area (TPSA) is 41.6 Å². The Morgan fingerprint density at radius 1 is 1.32 bits per heavy atom. The minimum atomic E-state index is -0.518. The number of likely N-dealkylation sites (N-methyl/N-ethyl adjacent to an activating group) is 1. The molecule has 0 unspecified atom stereocenters. The summed E-state index contributed by atoms with van der Waals surface area (Å²) in [6.07, 6.45) is 1.68. The maximum atomic E-state index is 13.6. The van der Waals surface area contributed by atoms with Gasteiger partial charge in [-0.3, -0.25) is 9.69 Å². The van der Waals surface area contributed by atoms with Gasteiger partial charge in [-0.05, 0) is 42.9 Å². The third kappa shape index (κ3) is 6.21. The number of halogens is 2. The summed E-state index contributed by atoms with van der Waals surface area (Å²) >= 11 is 5.81. The van der Waals surface area contributed by atoms with E-state index in [1.165, 1.54) is 18.2 Å². The van der Waals surface area contributed by atoms with Gasteiger partial charge in [0.2, 0.25) is 5.91 Å². The number of carbonyl (C=O) groups is 1. The molecule has 0 aliphatic carbocycles. The van der Waals surface area contributed by atoms with Gasteiger partial charge >= 0.3 is 0 Å². The van der Waals surface area contributed by atoms with E-state index in [4.69, 9.17) is 16.3 Å². The molecular weight excluding hydrogens is 343 g/mol. The highest BCUT2D eigenvalue weighted by Crippen LogP contribution is 2.19. The molecule has 0 bridgehead atoms. The molecule has 0 fully saturated rings. The number of hydrogen-bond donors (Lipinski definition) is 1. The second kappa shape index (κ2) is 9.20. The van der Waals surface area contributed by atoms with Crippen molar-refractivity contribution in [1.82, 2.24) is 4.90 Å². The predicted octanol–water partition coefficient (Wildman–Crippen LogP) is 4.11. The van der Waals surface area contributed by atoms with E-state index in [1.54, 1.807) is 6.08 Å². The third-order valence-electron chi connectivity index (χ3n) is 3.36. The Labute approximate surface area is 151 Å². The number of amides is 1. The van der Waals surface area contributed by atoms with Crippen molar-refractivity contribution in [2.24, 2.45) is 0 Å². The largest absolute Gasteiger partial charge is 0.490 e. The predicted molar refractivity (Wildman–Crippen MR) is 98.5 cm³/mol. The zero-order valence-corrected chi connectivity index (χ0v) is 14.7. The molecule has 0 saturated heterocycles. The van der Waals surface area contributed by atoms with Gasteiger partial charge in [0, 0.05) is 11.6 Å². The molecule has 1 N–H and O–H groups in total. The van der Waals surface area contributed by atoms with Gasteiger partial charge in [-0.2, -0.15) is 0 Å². The van der Waals surface area contributed by atoms with Crippen molar-refractivity contribution in [3.8, 4) is 5.75 Å². The second-order valence-electron chi connectivity index (χ2n) is 5.59. The van der Waals surface area contributed by atoms with Gasteiger partial charge in [0.05, 0.1) is 12.2 Å². The number of hydrogen-bond acceptors (Lipinski definition) is 3. The summed E-state index contributed by atoms with van der Waals surface area (Å²) in [6.45, 7) is 4.76. The normalized spacial score (nSPS) is 10.6. The molecule has 6 heteroatoms. The number of anilines is 1. The lowest BCUT2D eigenvalue weighted by molar-refractivity contribution is -0.117. The number of ether oxygens (including phenoxy) is 1. The second-order valence-corrected chi connectivity index (χ2v) is 6.02. The van der Waals surface area contributed by atoms with E-state index in [0.717, 1.165) is 11.3 Å². The van der Waals surface area contributed by atoms with Crippen LogP contribution in [-0.4, -0.2) is 31.0 Å². The lowest BCUT2D eigenvalue weighted by Gasteiger charge is -2.17. The fourth-order valence-electron chi connectivity index (χ4n) is 2.24. The Balaban J connectivity index is 1.86. The lowest BCUT2D eigenvalue weighted by atomic mass is 10.2. The molecule has 0 atom stereocenters. The highest BCUT2D eigenvalue weighted by Gasteiger charge is 2.11. The van der Waals surface area contributed by atoms with Crippen LogP contribution in [-0.2, 0) is 11.3 Å². The summed E-state index contributed by atoms with van der Waals surface area (Å²) < 4.78 is 19.1. The van der Waals surface area contributed by atoms with E-state index >= 15 is 0 Å². The summed E-state index contributed by atoms with van der Waals surface area (Å²) in [5, 5.41) is 2.90. The van der Waals surface area contributed by atoms with E-state index in [2.05, 4.69) is 11.9 Å². The van der Waals surface area contributed by atoms with E-state index in [-0.39, 0.29) is 18.1 Å². The van der Waals surface area contributed by atoms with Crippen LogP contribution in [0.1, 0.15) is 5.56 Å². The van der Waals surface area contributed by atoms with Crippen molar-refractivity contribution in [3.05, 3.63) is 71.5 Å². The van der Waals surface area contributed by atoms with Crippen molar-refractivity contribution < 1.29 is 13.9 Å². The minimum Gasteiger partial charge on any atom is -0.490 e. The Bertz CT molecular complexity index is 735. The van der Waals surface area contributed by atoms with Crippen molar-refractivity contribution in [3.63, 3.8) is 0 Å². The zero-order valence-electron chi connectivity index (χ0n) is 14.0. The molecule has 0 spiro atoms. The number of benzene rings is 2.